The fraction of sp³-hybridized carbons (Fsp3) is 0.524. The molecule has 140 valence electrons. The van der Waals surface area contributed by atoms with Crippen LogP contribution in [0.4, 0.5) is 0 Å². The number of carbonyl (C=O) groups is 1. The number of nitrogens with zero attached hydrogens (tertiary/aromatic N) is 2. The van der Waals surface area contributed by atoms with E-state index in [2.05, 4.69) is 22.2 Å². The van der Waals surface area contributed by atoms with E-state index in [1.54, 1.807) is 0 Å². The molecule has 2 aromatic rings. The molecule has 0 bridgehead atoms. The summed E-state index contributed by atoms with van der Waals surface area (Å²) in [5, 5.41) is 3.60. The number of piperidine rings is 1. The number of imidazole rings is 1. The first-order valence-electron chi connectivity index (χ1n) is 9.77. The van der Waals surface area contributed by atoms with E-state index < -0.39 is 0 Å². The normalized spacial score (nSPS) is 15.4. The highest BCUT2D eigenvalue weighted by molar-refractivity contribution is 5.94. The minimum absolute atomic E-state index is 0.151. The van der Waals surface area contributed by atoms with Crippen molar-refractivity contribution < 1.29 is 4.79 Å². The van der Waals surface area contributed by atoms with Crippen molar-refractivity contribution in [2.75, 3.05) is 13.1 Å². The van der Waals surface area contributed by atoms with Gasteiger partial charge in [0.05, 0.1) is 0 Å². The number of hydrogen-bond donors (Lipinski definition) is 2. The van der Waals surface area contributed by atoms with Gasteiger partial charge in [0.25, 0.3) is 5.91 Å². The third kappa shape index (κ3) is 4.94. The molecule has 1 aliphatic heterocycles. The van der Waals surface area contributed by atoms with Gasteiger partial charge in [-0.15, -0.1) is 0 Å². The van der Waals surface area contributed by atoms with Crippen molar-refractivity contribution >= 4 is 5.91 Å². The lowest BCUT2D eigenvalue weighted by Gasteiger charge is -2.32. The number of aromatic amines is 1. The fourth-order valence-corrected chi connectivity index (χ4v) is 3.39. The monoisotopic (exact) mass is 354 g/mol. The number of H-pyrrole nitrogens is 1. The van der Waals surface area contributed by atoms with Gasteiger partial charge in [-0.05, 0) is 38.3 Å². The standard InChI is InChI=1S/C21H30N4O/c1-3-4-5-20-23-15-19(24-20)14-22-18-10-12-25(13-11-18)21(26)17-8-6-16(2)7-9-17/h6-9,15,18,22H,3-5,10-14H2,1-2H3,(H,23,24). The maximum Gasteiger partial charge on any atom is 0.253 e. The summed E-state index contributed by atoms with van der Waals surface area (Å²) in [6, 6.07) is 8.31. The van der Waals surface area contributed by atoms with E-state index in [-0.39, 0.29) is 5.91 Å². The summed E-state index contributed by atoms with van der Waals surface area (Å²) in [6.45, 7) is 6.68. The fourth-order valence-electron chi connectivity index (χ4n) is 3.39. The van der Waals surface area contributed by atoms with E-state index in [4.69, 9.17) is 0 Å². The van der Waals surface area contributed by atoms with Crippen LogP contribution in [0.5, 0.6) is 0 Å². The molecule has 1 fully saturated rings. The molecule has 0 unspecified atom stereocenters. The van der Waals surface area contributed by atoms with Gasteiger partial charge in [0, 0.05) is 49.6 Å². The van der Waals surface area contributed by atoms with Gasteiger partial charge in [0.15, 0.2) is 0 Å². The van der Waals surface area contributed by atoms with Gasteiger partial charge in [-0.1, -0.05) is 31.0 Å². The molecule has 3 rings (SSSR count). The molecule has 2 heterocycles. The molecule has 0 aliphatic carbocycles. The maximum absolute atomic E-state index is 12.6. The number of benzene rings is 1. The van der Waals surface area contributed by atoms with Crippen LogP contribution >= 0.6 is 0 Å². The summed E-state index contributed by atoms with van der Waals surface area (Å²) in [5.41, 5.74) is 3.12. The van der Waals surface area contributed by atoms with Crippen LogP contribution in [0.25, 0.3) is 0 Å². The third-order valence-corrected chi connectivity index (χ3v) is 5.11. The van der Waals surface area contributed by atoms with Crippen molar-refractivity contribution in [3.63, 3.8) is 0 Å². The minimum Gasteiger partial charge on any atom is -0.345 e. The highest BCUT2D eigenvalue weighted by atomic mass is 16.2. The molecule has 0 spiro atoms. The Bertz CT molecular complexity index is 699. The van der Waals surface area contributed by atoms with Crippen molar-refractivity contribution in [3.8, 4) is 0 Å². The number of amides is 1. The van der Waals surface area contributed by atoms with Gasteiger partial charge in [0.1, 0.15) is 5.82 Å². The lowest BCUT2D eigenvalue weighted by atomic mass is 10.0. The zero-order chi connectivity index (χ0) is 18.4. The molecule has 1 aliphatic rings. The lowest BCUT2D eigenvalue weighted by Crippen LogP contribution is -2.44. The average Bonchev–Trinajstić information content (AvgIpc) is 3.13. The molecule has 5 heteroatoms. The van der Waals surface area contributed by atoms with Gasteiger partial charge >= 0.3 is 0 Å². The molecule has 2 N–H and O–H groups in total. The number of carbonyl (C=O) groups excluding carboxylic acids is 1. The van der Waals surface area contributed by atoms with Crippen molar-refractivity contribution in [1.82, 2.24) is 20.2 Å². The second kappa shape index (κ2) is 8.99. The van der Waals surface area contributed by atoms with Crippen LogP contribution in [-0.4, -0.2) is 39.9 Å². The van der Waals surface area contributed by atoms with E-state index >= 15 is 0 Å². The third-order valence-electron chi connectivity index (χ3n) is 5.11. The van der Waals surface area contributed by atoms with Gasteiger partial charge in [-0.2, -0.15) is 0 Å². The Morgan fingerprint density at radius 3 is 2.69 bits per heavy atom. The van der Waals surface area contributed by atoms with Crippen molar-refractivity contribution in [2.24, 2.45) is 0 Å². The summed E-state index contributed by atoms with van der Waals surface area (Å²) in [5.74, 6) is 1.24. The number of nitrogens with one attached hydrogen (secondary N) is 2. The smallest absolute Gasteiger partial charge is 0.253 e. The van der Waals surface area contributed by atoms with Crippen LogP contribution in [0, 0.1) is 6.92 Å². The molecule has 1 aromatic heterocycles. The largest absolute Gasteiger partial charge is 0.345 e. The summed E-state index contributed by atoms with van der Waals surface area (Å²) >= 11 is 0. The van der Waals surface area contributed by atoms with E-state index in [0.717, 1.165) is 56.0 Å². The first-order chi connectivity index (χ1) is 12.7. The number of likely N-dealkylation sites (tertiary alicyclic amines) is 1. The van der Waals surface area contributed by atoms with Gasteiger partial charge in [0.2, 0.25) is 0 Å². The predicted octanol–water partition coefficient (Wildman–Crippen LogP) is 3.46. The Kier molecular flexibility index (Phi) is 6.45. The number of unbranched alkanes of at least 4 members (excludes halogenated alkanes) is 1. The topological polar surface area (TPSA) is 61.0 Å². The van der Waals surface area contributed by atoms with Gasteiger partial charge < -0.3 is 15.2 Å². The first kappa shape index (κ1) is 18.6. The van der Waals surface area contributed by atoms with Crippen molar-refractivity contribution in [3.05, 3.63) is 53.1 Å². The number of aromatic nitrogens is 2. The van der Waals surface area contributed by atoms with Crippen LogP contribution in [-0.2, 0) is 13.0 Å². The molecule has 5 nitrogen and oxygen atoms in total. The van der Waals surface area contributed by atoms with Crippen LogP contribution in [0.1, 0.15) is 60.0 Å². The zero-order valence-corrected chi connectivity index (χ0v) is 15.9. The first-order valence-corrected chi connectivity index (χ1v) is 9.77. The molecule has 0 radical (unpaired) electrons. The molecular formula is C21H30N4O. The zero-order valence-electron chi connectivity index (χ0n) is 15.9. The number of aryl methyl sites for hydroxylation is 2. The molecule has 26 heavy (non-hydrogen) atoms. The maximum atomic E-state index is 12.6. The van der Waals surface area contributed by atoms with Gasteiger partial charge in [-0.25, -0.2) is 4.98 Å². The van der Waals surface area contributed by atoms with Crippen LogP contribution < -0.4 is 5.32 Å². The quantitative estimate of drug-likeness (QED) is 0.800. The Hall–Kier alpha value is -2.14. The number of rotatable bonds is 7. The minimum atomic E-state index is 0.151. The van der Waals surface area contributed by atoms with Crippen LogP contribution in [0.15, 0.2) is 30.5 Å². The summed E-state index contributed by atoms with van der Waals surface area (Å²) in [6.07, 6.45) is 7.31. The predicted molar refractivity (Wildman–Crippen MR) is 104 cm³/mol. The van der Waals surface area contributed by atoms with E-state index in [1.165, 1.54) is 18.4 Å². The Balaban J connectivity index is 1.43. The Labute approximate surface area is 156 Å². The molecule has 1 saturated heterocycles. The van der Waals surface area contributed by atoms with Gasteiger partial charge in [-0.3, -0.25) is 4.79 Å². The highest BCUT2D eigenvalue weighted by Gasteiger charge is 2.23. The number of hydrogen-bond acceptors (Lipinski definition) is 3. The second-order valence-corrected chi connectivity index (χ2v) is 7.27. The Morgan fingerprint density at radius 2 is 2.00 bits per heavy atom. The molecular weight excluding hydrogens is 324 g/mol. The molecule has 1 aromatic carbocycles. The van der Waals surface area contributed by atoms with E-state index in [9.17, 15) is 4.79 Å². The summed E-state index contributed by atoms with van der Waals surface area (Å²) in [7, 11) is 0. The molecule has 0 saturated carbocycles. The average molecular weight is 354 g/mol. The van der Waals surface area contributed by atoms with E-state index in [0.29, 0.717) is 6.04 Å². The summed E-state index contributed by atoms with van der Waals surface area (Å²) in [4.78, 5) is 22.4. The molecule has 1 amide bonds. The molecule has 0 atom stereocenters. The SMILES string of the molecule is CCCCc1ncc(CNC2CCN(C(=O)c3ccc(C)cc3)CC2)[nH]1. The lowest BCUT2D eigenvalue weighted by molar-refractivity contribution is 0.0704. The van der Waals surface area contributed by atoms with Crippen molar-refractivity contribution in [2.45, 2.75) is 58.5 Å². The van der Waals surface area contributed by atoms with Crippen LogP contribution in [0.3, 0.4) is 0 Å². The highest BCUT2D eigenvalue weighted by Crippen LogP contribution is 2.15. The van der Waals surface area contributed by atoms with Crippen molar-refractivity contribution in [1.29, 1.82) is 0 Å². The Morgan fingerprint density at radius 1 is 1.27 bits per heavy atom. The second-order valence-electron chi connectivity index (χ2n) is 7.27. The van der Waals surface area contributed by atoms with Crippen LogP contribution in [0.2, 0.25) is 0 Å². The summed E-state index contributed by atoms with van der Waals surface area (Å²) < 4.78 is 0. The van der Waals surface area contributed by atoms with E-state index in [1.807, 2.05) is 42.3 Å².